The van der Waals surface area contributed by atoms with Crippen molar-refractivity contribution < 1.29 is 0 Å². The summed E-state index contributed by atoms with van der Waals surface area (Å²) in [7, 11) is 0. The van der Waals surface area contributed by atoms with Crippen LogP contribution in [0, 0.1) is 5.92 Å². The van der Waals surface area contributed by atoms with Crippen LogP contribution in [0.5, 0.6) is 0 Å². The van der Waals surface area contributed by atoms with E-state index < -0.39 is 0 Å². The summed E-state index contributed by atoms with van der Waals surface area (Å²) < 4.78 is 2.38. The minimum absolute atomic E-state index is 0.118. The second kappa shape index (κ2) is 11.0. The standard InChI is InChI=1S/C48H36N2/c1-48(2)44-28-34(31-15-17-32(18-16-31)38-13-8-9-36-30-49-26-25-39(36)38)19-22-40(44)41-23-20-35(29-45(41)48)33-21-24-47-43(27-33)42-12-6-7-14-46(42)50(47)37-10-4-3-5-11-37/h3-8,10-30,36H,9H2,1-2H3. The van der Waals surface area contributed by atoms with Crippen LogP contribution in [0.15, 0.2) is 168 Å². The Hall–Kier alpha value is -5.99. The lowest BCUT2D eigenvalue weighted by Gasteiger charge is -2.23. The van der Waals surface area contributed by atoms with E-state index in [0.29, 0.717) is 5.92 Å². The molecule has 7 aromatic rings. The first kappa shape index (κ1) is 29.0. The van der Waals surface area contributed by atoms with E-state index in [4.69, 9.17) is 0 Å². The average Bonchev–Trinajstić information content (AvgIpc) is 3.62. The third kappa shape index (κ3) is 4.38. The predicted molar refractivity (Wildman–Crippen MR) is 211 cm³/mol. The zero-order valence-corrected chi connectivity index (χ0v) is 28.3. The highest BCUT2D eigenvalue weighted by atomic mass is 15.0. The van der Waals surface area contributed by atoms with Crippen molar-refractivity contribution in [2.75, 3.05) is 0 Å². The lowest BCUT2D eigenvalue weighted by atomic mass is 9.80. The Morgan fingerprint density at radius 1 is 0.580 bits per heavy atom. The molecule has 3 aliphatic rings. The van der Waals surface area contributed by atoms with Gasteiger partial charge in [0.25, 0.3) is 0 Å². The van der Waals surface area contributed by atoms with E-state index in [1.807, 2.05) is 6.20 Å². The lowest BCUT2D eigenvalue weighted by molar-refractivity contribution is 0.661. The van der Waals surface area contributed by atoms with Crippen molar-refractivity contribution in [2.24, 2.45) is 10.9 Å². The van der Waals surface area contributed by atoms with E-state index in [1.54, 1.807) is 0 Å². The summed E-state index contributed by atoms with van der Waals surface area (Å²) in [5.41, 5.74) is 17.9. The van der Waals surface area contributed by atoms with E-state index in [2.05, 4.69) is 181 Å². The number of aromatic nitrogens is 1. The third-order valence-electron chi connectivity index (χ3n) is 11.2. The number of fused-ring (bicyclic) bond motifs is 7. The van der Waals surface area contributed by atoms with Crippen molar-refractivity contribution in [1.29, 1.82) is 0 Å². The molecule has 6 aromatic carbocycles. The predicted octanol–water partition coefficient (Wildman–Crippen LogP) is 12.4. The zero-order valence-electron chi connectivity index (χ0n) is 28.3. The van der Waals surface area contributed by atoms with Gasteiger partial charge in [-0.3, -0.25) is 4.99 Å². The molecule has 0 radical (unpaired) electrons. The summed E-state index contributed by atoms with van der Waals surface area (Å²) in [6, 6.07) is 49.6. The smallest absolute Gasteiger partial charge is 0.0541 e. The molecule has 2 aliphatic carbocycles. The lowest BCUT2D eigenvalue weighted by Crippen LogP contribution is -2.15. The molecule has 0 N–H and O–H groups in total. The van der Waals surface area contributed by atoms with Crippen LogP contribution < -0.4 is 0 Å². The minimum Gasteiger partial charge on any atom is -0.309 e. The van der Waals surface area contributed by atoms with E-state index in [9.17, 15) is 0 Å². The van der Waals surface area contributed by atoms with Crippen molar-refractivity contribution in [2.45, 2.75) is 25.7 Å². The van der Waals surface area contributed by atoms with Crippen molar-refractivity contribution in [1.82, 2.24) is 4.57 Å². The molecule has 1 atom stereocenters. The maximum absolute atomic E-state index is 4.38. The molecule has 1 aliphatic heterocycles. The third-order valence-corrected chi connectivity index (χ3v) is 11.2. The van der Waals surface area contributed by atoms with Gasteiger partial charge < -0.3 is 4.57 Å². The number of benzene rings is 6. The number of para-hydroxylation sites is 2. The first-order valence-electron chi connectivity index (χ1n) is 17.6. The molecular weight excluding hydrogens is 605 g/mol. The minimum atomic E-state index is -0.118. The Bertz CT molecular complexity index is 2620. The molecule has 2 heterocycles. The van der Waals surface area contributed by atoms with Crippen LogP contribution in [0.4, 0.5) is 0 Å². The molecule has 2 heteroatoms. The molecule has 238 valence electrons. The van der Waals surface area contributed by atoms with Gasteiger partial charge in [-0.15, -0.1) is 0 Å². The van der Waals surface area contributed by atoms with Gasteiger partial charge in [0.05, 0.1) is 11.0 Å². The van der Waals surface area contributed by atoms with Crippen LogP contribution in [-0.4, -0.2) is 10.8 Å². The number of allylic oxidation sites excluding steroid dienone is 5. The second-order valence-corrected chi connectivity index (χ2v) is 14.4. The SMILES string of the molecule is CC1(C)c2cc(-c3ccc(C4=C5C=CN=CC5CC=C4)cc3)ccc2-c2ccc(-c3ccc4c(c3)c3ccccc3n4-c3ccccc3)cc21. The highest BCUT2D eigenvalue weighted by Crippen LogP contribution is 2.51. The van der Waals surface area contributed by atoms with Gasteiger partial charge in [-0.25, -0.2) is 0 Å². The molecule has 10 rings (SSSR count). The fourth-order valence-corrected chi connectivity index (χ4v) is 8.60. The Balaban J connectivity index is 1.00. The van der Waals surface area contributed by atoms with Crippen molar-refractivity contribution >= 4 is 33.6 Å². The van der Waals surface area contributed by atoms with E-state index in [1.165, 1.54) is 88.7 Å². The van der Waals surface area contributed by atoms with Crippen LogP contribution in [0.1, 0.15) is 37.0 Å². The molecule has 0 spiro atoms. The molecule has 1 aromatic heterocycles. The summed E-state index contributed by atoms with van der Waals surface area (Å²) in [6.07, 6.45) is 11.7. The van der Waals surface area contributed by atoms with Gasteiger partial charge >= 0.3 is 0 Å². The maximum atomic E-state index is 4.38. The largest absolute Gasteiger partial charge is 0.309 e. The number of rotatable bonds is 4. The van der Waals surface area contributed by atoms with Gasteiger partial charge in [-0.2, -0.15) is 0 Å². The Labute approximate surface area is 293 Å². The first-order chi connectivity index (χ1) is 24.5. The number of aliphatic imine (C=N–C) groups is 1. The van der Waals surface area contributed by atoms with E-state index >= 15 is 0 Å². The highest BCUT2D eigenvalue weighted by molar-refractivity contribution is 6.10. The van der Waals surface area contributed by atoms with Gasteiger partial charge in [0.1, 0.15) is 0 Å². The van der Waals surface area contributed by atoms with Crippen LogP contribution in [-0.2, 0) is 5.41 Å². The van der Waals surface area contributed by atoms with E-state index in [0.717, 1.165) is 6.42 Å². The molecule has 0 fully saturated rings. The summed E-state index contributed by atoms with van der Waals surface area (Å²) >= 11 is 0. The molecule has 0 saturated heterocycles. The zero-order chi connectivity index (χ0) is 33.4. The molecule has 0 bridgehead atoms. The van der Waals surface area contributed by atoms with Gasteiger partial charge in [0.15, 0.2) is 0 Å². The average molecular weight is 641 g/mol. The summed E-state index contributed by atoms with van der Waals surface area (Å²) in [4.78, 5) is 4.38. The van der Waals surface area contributed by atoms with Gasteiger partial charge in [0.2, 0.25) is 0 Å². The van der Waals surface area contributed by atoms with Gasteiger partial charge in [0, 0.05) is 40.2 Å². The van der Waals surface area contributed by atoms with Gasteiger partial charge in [-0.05, 0) is 116 Å². The molecule has 1 unspecified atom stereocenters. The molecule has 0 amide bonds. The van der Waals surface area contributed by atoms with Crippen LogP contribution in [0.25, 0.3) is 66.4 Å². The number of hydrogen-bond donors (Lipinski definition) is 0. The molecule has 50 heavy (non-hydrogen) atoms. The topological polar surface area (TPSA) is 17.3 Å². The van der Waals surface area contributed by atoms with Crippen molar-refractivity contribution in [3.05, 3.63) is 180 Å². The molecular formula is C48H36N2. The van der Waals surface area contributed by atoms with Crippen molar-refractivity contribution in [3.8, 4) is 39.1 Å². The fraction of sp³-hybridized carbons (Fsp3) is 0.104. The summed E-state index contributed by atoms with van der Waals surface area (Å²) in [6.45, 7) is 4.76. The highest BCUT2D eigenvalue weighted by Gasteiger charge is 2.36. The maximum Gasteiger partial charge on any atom is 0.0541 e. The monoisotopic (exact) mass is 640 g/mol. The Morgan fingerprint density at radius 3 is 1.98 bits per heavy atom. The van der Waals surface area contributed by atoms with Crippen LogP contribution in [0.2, 0.25) is 0 Å². The second-order valence-electron chi connectivity index (χ2n) is 14.4. The summed E-state index contributed by atoms with van der Waals surface area (Å²) in [5, 5.41) is 2.56. The molecule has 2 nitrogen and oxygen atoms in total. The van der Waals surface area contributed by atoms with Crippen molar-refractivity contribution in [3.63, 3.8) is 0 Å². The number of nitrogens with zero attached hydrogens (tertiary/aromatic N) is 2. The van der Waals surface area contributed by atoms with Gasteiger partial charge in [-0.1, -0.05) is 117 Å². The Kier molecular flexibility index (Phi) is 6.38. The normalized spacial score (nSPS) is 17.0. The van der Waals surface area contributed by atoms with Crippen LogP contribution >= 0.6 is 0 Å². The fourth-order valence-electron chi connectivity index (χ4n) is 8.60. The molecule has 0 saturated carbocycles. The quantitative estimate of drug-likeness (QED) is 0.182. The summed E-state index contributed by atoms with van der Waals surface area (Å²) in [5.74, 6) is 0.380. The Morgan fingerprint density at radius 2 is 1.20 bits per heavy atom. The number of hydrogen-bond acceptors (Lipinski definition) is 1. The first-order valence-corrected chi connectivity index (χ1v) is 17.6. The van der Waals surface area contributed by atoms with E-state index in [-0.39, 0.29) is 5.41 Å². The van der Waals surface area contributed by atoms with Crippen LogP contribution in [0.3, 0.4) is 0 Å².